The Labute approximate surface area is 130 Å². The second-order valence-corrected chi connectivity index (χ2v) is 5.43. The molecule has 0 aliphatic carbocycles. The third-order valence-electron chi connectivity index (χ3n) is 4.29. The van der Waals surface area contributed by atoms with Crippen LogP contribution in [0.2, 0.25) is 0 Å². The predicted molar refractivity (Wildman–Crippen MR) is 88.0 cm³/mol. The van der Waals surface area contributed by atoms with Crippen molar-refractivity contribution in [3.8, 4) is 11.8 Å². The van der Waals surface area contributed by atoms with Gasteiger partial charge >= 0.3 is 0 Å². The first-order valence-corrected chi connectivity index (χ1v) is 7.39. The van der Waals surface area contributed by atoms with E-state index in [-0.39, 0.29) is 12.0 Å². The first-order valence-electron chi connectivity index (χ1n) is 7.39. The molecule has 0 spiro atoms. The SMILES string of the molecule is CCN1c2cc(OC)ccc2C(C#N)C1c1ccc(N)cc1. The average molecular weight is 293 g/mol. The van der Waals surface area contributed by atoms with Crippen molar-refractivity contribution in [1.82, 2.24) is 0 Å². The zero-order valence-corrected chi connectivity index (χ0v) is 12.8. The van der Waals surface area contributed by atoms with Crippen molar-refractivity contribution in [3.05, 3.63) is 53.6 Å². The molecule has 4 nitrogen and oxygen atoms in total. The van der Waals surface area contributed by atoms with Gasteiger partial charge in [-0.2, -0.15) is 5.26 Å². The lowest BCUT2D eigenvalue weighted by molar-refractivity contribution is 0.415. The highest BCUT2D eigenvalue weighted by Crippen LogP contribution is 2.49. The van der Waals surface area contributed by atoms with Crippen LogP contribution < -0.4 is 15.4 Å². The molecule has 1 aliphatic heterocycles. The zero-order valence-electron chi connectivity index (χ0n) is 12.8. The molecule has 0 fully saturated rings. The van der Waals surface area contributed by atoms with E-state index in [1.807, 2.05) is 42.5 Å². The third kappa shape index (κ3) is 2.15. The van der Waals surface area contributed by atoms with Crippen LogP contribution in [0.4, 0.5) is 11.4 Å². The number of nitrogens with two attached hydrogens (primary N) is 1. The van der Waals surface area contributed by atoms with E-state index in [1.165, 1.54) is 0 Å². The predicted octanol–water partition coefficient (Wildman–Crippen LogP) is 3.47. The van der Waals surface area contributed by atoms with Crippen LogP contribution in [0.3, 0.4) is 0 Å². The molecule has 0 saturated carbocycles. The number of anilines is 2. The van der Waals surface area contributed by atoms with Crippen LogP contribution in [0.1, 0.15) is 30.0 Å². The van der Waals surface area contributed by atoms with Crippen molar-refractivity contribution in [2.24, 2.45) is 0 Å². The van der Waals surface area contributed by atoms with Crippen LogP contribution in [-0.2, 0) is 0 Å². The number of fused-ring (bicyclic) bond motifs is 1. The van der Waals surface area contributed by atoms with Gasteiger partial charge in [0.2, 0.25) is 0 Å². The molecule has 0 aromatic heterocycles. The van der Waals surface area contributed by atoms with Crippen LogP contribution in [0.25, 0.3) is 0 Å². The number of nitrogen functional groups attached to an aromatic ring is 1. The van der Waals surface area contributed by atoms with Crippen LogP contribution in [0.5, 0.6) is 5.75 Å². The minimum absolute atomic E-state index is 0.0118. The molecular formula is C18H19N3O. The van der Waals surface area contributed by atoms with Crippen LogP contribution in [0.15, 0.2) is 42.5 Å². The topological polar surface area (TPSA) is 62.3 Å². The van der Waals surface area contributed by atoms with Gasteiger partial charge in [0, 0.05) is 24.0 Å². The van der Waals surface area contributed by atoms with E-state index in [1.54, 1.807) is 7.11 Å². The molecule has 1 aliphatic rings. The molecule has 2 unspecified atom stereocenters. The molecule has 0 bridgehead atoms. The van der Waals surface area contributed by atoms with Gasteiger partial charge in [0.15, 0.2) is 0 Å². The summed E-state index contributed by atoms with van der Waals surface area (Å²) in [4.78, 5) is 2.26. The van der Waals surface area contributed by atoms with Crippen molar-refractivity contribution in [3.63, 3.8) is 0 Å². The number of hydrogen-bond donors (Lipinski definition) is 1. The highest BCUT2D eigenvalue weighted by molar-refractivity contribution is 5.67. The van der Waals surface area contributed by atoms with E-state index in [0.29, 0.717) is 0 Å². The summed E-state index contributed by atoms with van der Waals surface area (Å²) < 4.78 is 5.33. The lowest BCUT2D eigenvalue weighted by Crippen LogP contribution is -2.26. The van der Waals surface area contributed by atoms with Gasteiger partial charge in [-0.1, -0.05) is 18.2 Å². The summed E-state index contributed by atoms with van der Waals surface area (Å²) in [6.45, 7) is 2.93. The second-order valence-electron chi connectivity index (χ2n) is 5.43. The summed E-state index contributed by atoms with van der Waals surface area (Å²) in [6.07, 6.45) is 0. The maximum Gasteiger partial charge on any atom is 0.120 e. The number of likely N-dealkylation sites (N-methyl/N-ethyl adjacent to an activating group) is 1. The van der Waals surface area contributed by atoms with Gasteiger partial charge in [-0.05, 0) is 36.2 Å². The number of nitrogens with zero attached hydrogens (tertiary/aromatic N) is 2. The third-order valence-corrected chi connectivity index (χ3v) is 4.29. The quantitative estimate of drug-likeness (QED) is 0.880. The fraction of sp³-hybridized carbons (Fsp3) is 0.278. The number of rotatable bonds is 3. The monoisotopic (exact) mass is 293 g/mol. The lowest BCUT2D eigenvalue weighted by atomic mass is 9.91. The summed E-state index contributed by atoms with van der Waals surface area (Å²) in [7, 11) is 1.66. The van der Waals surface area contributed by atoms with E-state index in [9.17, 15) is 5.26 Å². The summed E-state index contributed by atoms with van der Waals surface area (Å²) in [5.74, 6) is 0.622. The van der Waals surface area contributed by atoms with Crippen molar-refractivity contribution in [1.29, 1.82) is 5.26 Å². The standard InChI is InChI=1S/C18H19N3O/c1-3-21-17-10-14(22-2)8-9-15(17)16(11-19)18(21)12-4-6-13(20)7-5-12/h4-10,16,18H,3,20H2,1-2H3. The van der Waals surface area contributed by atoms with Crippen molar-refractivity contribution < 1.29 is 4.74 Å². The molecule has 0 radical (unpaired) electrons. The van der Waals surface area contributed by atoms with Gasteiger partial charge in [-0.3, -0.25) is 0 Å². The zero-order chi connectivity index (χ0) is 15.7. The maximum absolute atomic E-state index is 9.71. The van der Waals surface area contributed by atoms with Gasteiger partial charge in [-0.15, -0.1) is 0 Å². The summed E-state index contributed by atoms with van der Waals surface area (Å²) >= 11 is 0. The van der Waals surface area contributed by atoms with E-state index in [2.05, 4.69) is 17.9 Å². The normalized spacial score (nSPS) is 19.6. The Morgan fingerprint density at radius 2 is 1.95 bits per heavy atom. The van der Waals surface area contributed by atoms with Crippen LogP contribution >= 0.6 is 0 Å². The first kappa shape index (κ1) is 14.3. The molecule has 4 heteroatoms. The molecule has 2 N–H and O–H groups in total. The van der Waals surface area contributed by atoms with Gasteiger partial charge in [0.1, 0.15) is 5.75 Å². The number of methoxy groups -OCH3 is 1. The Morgan fingerprint density at radius 3 is 2.55 bits per heavy atom. The average Bonchev–Trinajstić information content (AvgIpc) is 2.87. The van der Waals surface area contributed by atoms with Crippen LogP contribution in [-0.4, -0.2) is 13.7 Å². The Kier molecular flexibility index (Phi) is 3.64. The molecule has 112 valence electrons. The number of benzene rings is 2. The molecular weight excluding hydrogens is 274 g/mol. The Hall–Kier alpha value is -2.67. The van der Waals surface area contributed by atoms with E-state index in [4.69, 9.17) is 10.5 Å². The summed E-state index contributed by atoms with van der Waals surface area (Å²) in [5, 5.41) is 9.71. The molecule has 2 aromatic carbocycles. The highest BCUT2D eigenvalue weighted by Gasteiger charge is 2.39. The van der Waals surface area contributed by atoms with E-state index < -0.39 is 0 Å². The van der Waals surface area contributed by atoms with E-state index in [0.717, 1.165) is 34.8 Å². The Balaban J connectivity index is 2.11. The second kappa shape index (κ2) is 5.61. The van der Waals surface area contributed by atoms with Gasteiger partial charge in [-0.25, -0.2) is 0 Å². The maximum atomic E-state index is 9.71. The van der Waals surface area contributed by atoms with Crippen molar-refractivity contribution in [2.45, 2.75) is 18.9 Å². The Morgan fingerprint density at radius 1 is 1.23 bits per heavy atom. The largest absolute Gasteiger partial charge is 0.497 e. The molecule has 1 heterocycles. The number of ether oxygens (including phenoxy) is 1. The minimum atomic E-state index is -0.190. The highest BCUT2D eigenvalue weighted by atomic mass is 16.5. The van der Waals surface area contributed by atoms with Crippen LogP contribution in [0, 0.1) is 11.3 Å². The van der Waals surface area contributed by atoms with Gasteiger partial charge in [0.25, 0.3) is 0 Å². The first-order chi connectivity index (χ1) is 10.7. The molecule has 2 aromatic rings. The fourth-order valence-corrected chi connectivity index (χ4v) is 3.23. The van der Waals surface area contributed by atoms with Gasteiger partial charge in [0.05, 0.1) is 25.1 Å². The molecule has 0 amide bonds. The molecule has 22 heavy (non-hydrogen) atoms. The molecule has 3 rings (SSSR count). The number of hydrogen-bond acceptors (Lipinski definition) is 4. The smallest absolute Gasteiger partial charge is 0.120 e. The number of nitriles is 1. The minimum Gasteiger partial charge on any atom is -0.497 e. The van der Waals surface area contributed by atoms with Gasteiger partial charge < -0.3 is 15.4 Å². The summed E-state index contributed by atoms with van der Waals surface area (Å²) in [6, 6.07) is 16.2. The summed E-state index contributed by atoms with van der Waals surface area (Å²) in [5.41, 5.74) is 9.77. The molecule has 0 saturated heterocycles. The van der Waals surface area contributed by atoms with Crippen molar-refractivity contribution in [2.75, 3.05) is 24.3 Å². The van der Waals surface area contributed by atoms with Crippen molar-refractivity contribution >= 4 is 11.4 Å². The lowest BCUT2D eigenvalue weighted by Gasteiger charge is -2.28. The fourth-order valence-electron chi connectivity index (χ4n) is 3.23. The van der Waals surface area contributed by atoms with E-state index >= 15 is 0 Å². The Bertz CT molecular complexity index is 718. The molecule has 2 atom stereocenters.